The Morgan fingerprint density at radius 1 is 1.12 bits per heavy atom. The van der Waals surface area contributed by atoms with Gasteiger partial charge in [-0.1, -0.05) is 35.6 Å². The Bertz CT molecular complexity index is 918. The van der Waals surface area contributed by atoms with Gasteiger partial charge in [0.1, 0.15) is 5.01 Å². The summed E-state index contributed by atoms with van der Waals surface area (Å²) in [7, 11) is 3.99. The molecule has 0 amide bonds. The summed E-state index contributed by atoms with van der Waals surface area (Å²) in [6.07, 6.45) is 2.33. The summed E-state index contributed by atoms with van der Waals surface area (Å²) in [6, 6.07) is 14.5. The van der Waals surface area contributed by atoms with Gasteiger partial charge in [0.15, 0.2) is 0 Å². The van der Waals surface area contributed by atoms with Gasteiger partial charge in [-0.15, -0.1) is 10.2 Å². The Hall–Kier alpha value is -3.13. The second kappa shape index (κ2) is 7.83. The van der Waals surface area contributed by atoms with E-state index in [1.54, 1.807) is 18.3 Å². The molecule has 2 aromatic carbocycles. The summed E-state index contributed by atoms with van der Waals surface area (Å²) >= 11 is 1.40. The van der Waals surface area contributed by atoms with Gasteiger partial charge in [0, 0.05) is 44.6 Å². The van der Waals surface area contributed by atoms with Crippen molar-refractivity contribution in [3.63, 3.8) is 0 Å². The molecule has 8 heteroatoms. The van der Waals surface area contributed by atoms with E-state index in [0.29, 0.717) is 11.6 Å². The Labute approximate surface area is 154 Å². The molecule has 0 N–H and O–H groups in total. The predicted molar refractivity (Wildman–Crippen MR) is 104 cm³/mol. The molecular formula is C18H17N5O2S. The monoisotopic (exact) mass is 367 g/mol. The normalized spacial score (nSPS) is 11.0. The van der Waals surface area contributed by atoms with Crippen molar-refractivity contribution in [2.75, 3.05) is 19.0 Å². The number of nitro groups is 1. The minimum Gasteiger partial charge on any atom is -0.378 e. The first kappa shape index (κ1) is 17.7. The molecule has 3 aromatic rings. The third kappa shape index (κ3) is 4.48. The number of hydrogen-bond donors (Lipinski definition) is 0. The highest BCUT2D eigenvalue weighted by atomic mass is 32.1. The summed E-state index contributed by atoms with van der Waals surface area (Å²) in [5.74, 6) is 0. The first-order chi connectivity index (χ1) is 12.5. The van der Waals surface area contributed by atoms with E-state index in [1.165, 1.54) is 23.5 Å². The topological polar surface area (TPSA) is 84.5 Å². The standard InChI is InChI=1S/C18H17N5O2S/c1-22(2)15-7-5-14(6-8-15)12-19-18-21-20-17(26-18)11-13-3-9-16(10-4-13)23(24)25/h3-10,12H,11H2,1-2H3. The number of non-ortho nitro benzene ring substituents is 1. The van der Waals surface area contributed by atoms with Crippen LogP contribution in [0.25, 0.3) is 0 Å². The molecule has 0 aliphatic carbocycles. The van der Waals surface area contributed by atoms with Gasteiger partial charge in [-0.25, -0.2) is 4.99 Å². The molecule has 0 radical (unpaired) electrons. The molecule has 0 atom stereocenters. The van der Waals surface area contributed by atoms with E-state index in [1.807, 2.05) is 43.3 Å². The van der Waals surface area contributed by atoms with Crippen molar-refractivity contribution in [1.29, 1.82) is 0 Å². The van der Waals surface area contributed by atoms with E-state index >= 15 is 0 Å². The molecule has 3 rings (SSSR count). The second-order valence-corrected chi connectivity index (χ2v) is 6.86. The molecule has 0 aliphatic heterocycles. The first-order valence-corrected chi connectivity index (χ1v) is 8.70. The number of benzene rings is 2. The van der Waals surface area contributed by atoms with Crippen molar-refractivity contribution in [3.8, 4) is 0 Å². The van der Waals surface area contributed by atoms with Crippen LogP contribution in [0.2, 0.25) is 0 Å². The van der Waals surface area contributed by atoms with Gasteiger partial charge in [0.05, 0.1) is 4.92 Å². The molecule has 1 heterocycles. The summed E-state index contributed by atoms with van der Waals surface area (Å²) in [4.78, 5) is 16.7. The van der Waals surface area contributed by atoms with Crippen LogP contribution in [0.4, 0.5) is 16.5 Å². The molecule has 0 saturated carbocycles. The van der Waals surface area contributed by atoms with E-state index in [0.717, 1.165) is 21.8 Å². The number of anilines is 1. The summed E-state index contributed by atoms with van der Waals surface area (Å²) < 4.78 is 0. The highest BCUT2D eigenvalue weighted by molar-refractivity contribution is 7.15. The van der Waals surface area contributed by atoms with Crippen LogP contribution in [0.1, 0.15) is 16.1 Å². The average molecular weight is 367 g/mol. The minimum absolute atomic E-state index is 0.0802. The molecular weight excluding hydrogens is 350 g/mol. The quantitative estimate of drug-likeness (QED) is 0.375. The zero-order valence-electron chi connectivity index (χ0n) is 14.4. The van der Waals surface area contributed by atoms with E-state index in [9.17, 15) is 10.1 Å². The number of hydrogen-bond acceptors (Lipinski definition) is 7. The second-order valence-electron chi connectivity index (χ2n) is 5.82. The molecule has 0 unspecified atom stereocenters. The van der Waals surface area contributed by atoms with Gasteiger partial charge < -0.3 is 4.90 Å². The Balaban J connectivity index is 1.64. The van der Waals surface area contributed by atoms with Crippen molar-refractivity contribution < 1.29 is 4.92 Å². The number of nitrogens with zero attached hydrogens (tertiary/aromatic N) is 5. The first-order valence-electron chi connectivity index (χ1n) is 7.88. The number of aromatic nitrogens is 2. The van der Waals surface area contributed by atoms with Crippen molar-refractivity contribution in [3.05, 3.63) is 74.8 Å². The lowest BCUT2D eigenvalue weighted by molar-refractivity contribution is -0.384. The van der Waals surface area contributed by atoms with Gasteiger partial charge in [-0.2, -0.15) is 0 Å². The maximum atomic E-state index is 10.7. The van der Waals surface area contributed by atoms with E-state index in [4.69, 9.17) is 0 Å². The number of aliphatic imine (C=N–C) groups is 1. The fraction of sp³-hybridized carbons (Fsp3) is 0.167. The van der Waals surface area contributed by atoms with Crippen LogP contribution in [0.3, 0.4) is 0 Å². The lowest BCUT2D eigenvalue weighted by Gasteiger charge is -2.11. The van der Waals surface area contributed by atoms with Crippen LogP contribution in [0, 0.1) is 10.1 Å². The molecule has 0 spiro atoms. The van der Waals surface area contributed by atoms with E-state index in [2.05, 4.69) is 15.2 Å². The SMILES string of the molecule is CN(C)c1ccc(C=Nc2nnc(Cc3ccc([N+](=O)[O-])cc3)s2)cc1. The van der Waals surface area contributed by atoms with Crippen molar-refractivity contribution in [1.82, 2.24) is 10.2 Å². The minimum atomic E-state index is -0.410. The average Bonchev–Trinajstić information content (AvgIpc) is 3.08. The number of nitro benzene ring substituents is 1. The van der Waals surface area contributed by atoms with Crippen LogP contribution < -0.4 is 4.90 Å². The van der Waals surface area contributed by atoms with Gasteiger partial charge in [-0.05, 0) is 23.3 Å². The van der Waals surface area contributed by atoms with Crippen LogP contribution >= 0.6 is 11.3 Å². The van der Waals surface area contributed by atoms with Gasteiger partial charge >= 0.3 is 0 Å². The van der Waals surface area contributed by atoms with Crippen LogP contribution in [-0.2, 0) is 6.42 Å². The van der Waals surface area contributed by atoms with Crippen LogP contribution in [0.15, 0.2) is 53.5 Å². The van der Waals surface area contributed by atoms with Crippen LogP contribution in [0.5, 0.6) is 0 Å². The largest absolute Gasteiger partial charge is 0.378 e. The highest BCUT2D eigenvalue weighted by Crippen LogP contribution is 2.22. The maximum Gasteiger partial charge on any atom is 0.269 e. The molecule has 0 fully saturated rings. The lowest BCUT2D eigenvalue weighted by Crippen LogP contribution is -2.08. The maximum absolute atomic E-state index is 10.7. The molecule has 132 valence electrons. The highest BCUT2D eigenvalue weighted by Gasteiger charge is 2.07. The molecule has 0 saturated heterocycles. The smallest absolute Gasteiger partial charge is 0.269 e. The Morgan fingerprint density at radius 2 is 1.81 bits per heavy atom. The van der Waals surface area contributed by atoms with Crippen molar-refractivity contribution in [2.24, 2.45) is 4.99 Å². The zero-order chi connectivity index (χ0) is 18.5. The zero-order valence-corrected chi connectivity index (χ0v) is 15.2. The van der Waals surface area contributed by atoms with E-state index in [-0.39, 0.29) is 5.69 Å². The van der Waals surface area contributed by atoms with Gasteiger partial charge in [0.2, 0.25) is 5.13 Å². The Kier molecular flexibility index (Phi) is 5.33. The molecule has 0 bridgehead atoms. The summed E-state index contributed by atoms with van der Waals surface area (Å²) in [6.45, 7) is 0. The summed E-state index contributed by atoms with van der Waals surface area (Å²) in [5, 5.41) is 20.3. The summed E-state index contributed by atoms with van der Waals surface area (Å²) in [5.41, 5.74) is 3.14. The van der Waals surface area contributed by atoms with Gasteiger partial charge in [-0.3, -0.25) is 10.1 Å². The third-order valence-electron chi connectivity index (χ3n) is 3.69. The lowest BCUT2D eigenvalue weighted by atomic mass is 10.1. The number of rotatable bonds is 6. The van der Waals surface area contributed by atoms with Gasteiger partial charge in [0.25, 0.3) is 5.69 Å². The van der Waals surface area contributed by atoms with Crippen molar-refractivity contribution >= 4 is 34.1 Å². The molecule has 1 aromatic heterocycles. The third-order valence-corrected chi connectivity index (χ3v) is 4.52. The molecule has 0 aliphatic rings. The van der Waals surface area contributed by atoms with Crippen molar-refractivity contribution in [2.45, 2.75) is 6.42 Å². The molecule has 7 nitrogen and oxygen atoms in total. The molecule has 26 heavy (non-hydrogen) atoms. The fourth-order valence-electron chi connectivity index (χ4n) is 2.27. The fourth-order valence-corrected chi connectivity index (χ4v) is 2.99. The Morgan fingerprint density at radius 3 is 2.42 bits per heavy atom. The predicted octanol–water partition coefficient (Wildman–Crippen LogP) is 3.85. The van der Waals surface area contributed by atoms with E-state index < -0.39 is 4.92 Å². The van der Waals surface area contributed by atoms with Crippen LogP contribution in [-0.4, -0.2) is 35.4 Å².